The SMILES string of the molecule is C[C@H]1CC(=O)CCN1c1ccncc1. The lowest BCUT2D eigenvalue weighted by molar-refractivity contribution is -0.120. The van der Waals surface area contributed by atoms with Crippen molar-refractivity contribution < 1.29 is 4.79 Å². The zero-order valence-corrected chi connectivity index (χ0v) is 8.31. The van der Waals surface area contributed by atoms with Gasteiger partial charge in [0.15, 0.2) is 0 Å². The fraction of sp³-hybridized carbons (Fsp3) is 0.455. The van der Waals surface area contributed by atoms with Crippen molar-refractivity contribution in [2.45, 2.75) is 25.8 Å². The van der Waals surface area contributed by atoms with Gasteiger partial charge in [-0.2, -0.15) is 0 Å². The van der Waals surface area contributed by atoms with Gasteiger partial charge >= 0.3 is 0 Å². The van der Waals surface area contributed by atoms with Crippen LogP contribution in [-0.4, -0.2) is 23.4 Å². The fourth-order valence-electron chi connectivity index (χ4n) is 1.93. The molecule has 0 saturated carbocycles. The number of pyridine rings is 1. The van der Waals surface area contributed by atoms with Gasteiger partial charge in [-0.05, 0) is 19.1 Å². The summed E-state index contributed by atoms with van der Waals surface area (Å²) < 4.78 is 0. The Kier molecular flexibility index (Phi) is 2.48. The first-order chi connectivity index (χ1) is 6.77. The summed E-state index contributed by atoms with van der Waals surface area (Å²) in [5, 5.41) is 0. The van der Waals surface area contributed by atoms with Gasteiger partial charge < -0.3 is 4.90 Å². The normalized spacial score (nSPS) is 22.5. The first-order valence-electron chi connectivity index (χ1n) is 4.96. The van der Waals surface area contributed by atoms with Gasteiger partial charge in [0.25, 0.3) is 0 Å². The second-order valence-electron chi connectivity index (χ2n) is 3.74. The molecule has 0 spiro atoms. The molecule has 0 aliphatic carbocycles. The highest BCUT2D eigenvalue weighted by molar-refractivity contribution is 5.81. The lowest BCUT2D eigenvalue weighted by Crippen LogP contribution is -2.41. The van der Waals surface area contributed by atoms with Crippen LogP contribution in [0.15, 0.2) is 24.5 Å². The van der Waals surface area contributed by atoms with Crippen LogP contribution in [0.5, 0.6) is 0 Å². The average Bonchev–Trinajstić information content (AvgIpc) is 2.19. The molecular formula is C11H14N2O. The molecular weight excluding hydrogens is 176 g/mol. The van der Waals surface area contributed by atoms with Crippen molar-refractivity contribution in [3.05, 3.63) is 24.5 Å². The van der Waals surface area contributed by atoms with Gasteiger partial charge in [0, 0.05) is 43.5 Å². The molecule has 14 heavy (non-hydrogen) atoms. The summed E-state index contributed by atoms with van der Waals surface area (Å²) in [6.07, 6.45) is 4.92. The van der Waals surface area contributed by atoms with Crippen LogP contribution in [-0.2, 0) is 4.79 Å². The summed E-state index contributed by atoms with van der Waals surface area (Å²) >= 11 is 0. The minimum absolute atomic E-state index is 0.318. The van der Waals surface area contributed by atoms with Gasteiger partial charge in [0.05, 0.1) is 0 Å². The Bertz CT molecular complexity index is 323. The van der Waals surface area contributed by atoms with Gasteiger partial charge in [-0.25, -0.2) is 0 Å². The summed E-state index contributed by atoms with van der Waals surface area (Å²) in [6, 6.07) is 4.30. The Hall–Kier alpha value is -1.38. The monoisotopic (exact) mass is 190 g/mol. The number of Topliss-reactive ketones (excluding diaryl/α,β-unsaturated/α-hetero) is 1. The van der Waals surface area contributed by atoms with E-state index >= 15 is 0 Å². The average molecular weight is 190 g/mol. The molecule has 3 nitrogen and oxygen atoms in total. The fourth-order valence-corrected chi connectivity index (χ4v) is 1.93. The van der Waals surface area contributed by atoms with Gasteiger partial charge in [0.1, 0.15) is 5.78 Å². The molecule has 1 aliphatic rings. The van der Waals surface area contributed by atoms with E-state index in [0.29, 0.717) is 24.7 Å². The molecule has 0 N–H and O–H groups in total. The number of rotatable bonds is 1. The van der Waals surface area contributed by atoms with Crippen molar-refractivity contribution in [3.8, 4) is 0 Å². The van der Waals surface area contributed by atoms with E-state index in [1.165, 1.54) is 5.69 Å². The molecule has 1 saturated heterocycles. The topological polar surface area (TPSA) is 33.2 Å². The number of hydrogen-bond donors (Lipinski definition) is 0. The third kappa shape index (κ3) is 1.76. The number of hydrogen-bond acceptors (Lipinski definition) is 3. The predicted molar refractivity (Wildman–Crippen MR) is 55.3 cm³/mol. The second-order valence-corrected chi connectivity index (χ2v) is 3.74. The van der Waals surface area contributed by atoms with Crippen LogP contribution in [0, 0.1) is 0 Å². The summed E-state index contributed by atoms with van der Waals surface area (Å²) in [5.41, 5.74) is 1.17. The van der Waals surface area contributed by atoms with E-state index in [1.54, 1.807) is 12.4 Å². The lowest BCUT2D eigenvalue weighted by Gasteiger charge is -2.34. The van der Waals surface area contributed by atoms with Gasteiger partial charge in [0.2, 0.25) is 0 Å². The molecule has 2 rings (SSSR count). The number of ketones is 1. The highest BCUT2D eigenvalue weighted by atomic mass is 16.1. The molecule has 1 atom stereocenters. The lowest BCUT2D eigenvalue weighted by atomic mass is 10.0. The van der Waals surface area contributed by atoms with E-state index in [0.717, 1.165) is 6.54 Å². The van der Waals surface area contributed by atoms with Crippen LogP contribution >= 0.6 is 0 Å². The van der Waals surface area contributed by atoms with E-state index in [2.05, 4.69) is 16.8 Å². The van der Waals surface area contributed by atoms with Crippen LogP contribution in [0.2, 0.25) is 0 Å². The Labute approximate surface area is 83.8 Å². The molecule has 1 aromatic heterocycles. The number of carbonyl (C=O) groups is 1. The molecule has 1 aliphatic heterocycles. The Morgan fingerprint density at radius 1 is 1.43 bits per heavy atom. The third-order valence-corrected chi connectivity index (χ3v) is 2.68. The van der Waals surface area contributed by atoms with Gasteiger partial charge in [-0.15, -0.1) is 0 Å². The van der Waals surface area contributed by atoms with Crippen molar-refractivity contribution in [1.82, 2.24) is 4.98 Å². The molecule has 3 heteroatoms. The first kappa shape index (κ1) is 9.19. The second kappa shape index (κ2) is 3.78. The number of anilines is 1. The molecule has 74 valence electrons. The minimum Gasteiger partial charge on any atom is -0.368 e. The quantitative estimate of drug-likeness (QED) is 0.675. The Balaban J connectivity index is 2.16. The summed E-state index contributed by atoms with van der Waals surface area (Å²) in [7, 11) is 0. The van der Waals surface area contributed by atoms with Crippen molar-refractivity contribution in [3.63, 3.8) is 0 Å². The first-order valence-corrected chi connectivity index (χ1v) is 4.96. The standard InChI is InChI=1S/C11H14N2O/c1-9-8-11(14)4-7-13(9)10-2-5-12-6-3-10/h2-3,5-6,9H,4,7-8H2,1H3/t9-/m0/s1. The van der Waals surface area contributed by atoms with Crippen LogP contribution < -0.4 is 4.90 Å². The van der Waals surface area contributed by atoms with Gasteiger partial charge in [-0.3, -0.25) is 9.78 Å². The third-order valence-electron chi connectivity index (χ3n) is 2.68. The number of nitrogens with zero attached hydrogens (tertiary/aromatic N) is 2. The number of aromatic nitrogens is 1. The largest absolute Gasteiger partial charge is 0.368 e. The molecule has 0 aromatic carbocycles. The molecule has 1 fully saturated rings. The zero-order chi connectivity index (χ0) is 9.97. The molecule has 0 radical (unpaired) electrons. The van der Waals surface area contributed by atoms with Crippen LogP contribution in [0.3, 0.4) is 0 Å². The van der Waals surface area contributed by atoms with Gasteiger partial charge in [-0.1, -0.05) is 0 Å². The smallest absolute Gasteiger partial charge is 0.136 e. The van der Waals surface area contributed by atoms with Crippen molar-refractivity contribution in [2.75, 3.05) is 11.4 Å². The number of piperidine rings is 1. The van der Waals surface area contributed by atoms with E-state index in [-0.39, 0.29) is 0 Å². The molecule has 2 heterocycles. The summed E-state index contributed by atoms with van der Waals surface area (Å²) in [5.74, 6) is 0.378. The maximum absolute atomic E-state index is 11.2. The number of carbonyl (C=O) groups excluding carboxylic acids is 1. The predicted octanol–water partition coefficient (Wildman–Crippen LogP) is 1.64. The maximum Gasteiger partial charge on any atom is 0.136 e. The summed E-state index contributed by atoms with van der Waals surface area (Å²) in [6.45, 7) is 2.93. The minimum atomic E-state index is 0.318. The van der Waals surface area contributed by atoms with E-state index < -0.39 is 0 Å². The van der Waals surface area contributed by atoms with Crippen molar-refractivity contribution >= 4 is 11.5 Å². The van der Waals surface area contributed by atoms with Crippen LogP contribution in [0.4, 0.5) is 5.69 Å². The zero-order valence-electron chi connectivity index (χ0n) is 8.31. The van der Waals surface area contributed by atoms with Crippen LogP contribution in [0.25, 0.3) is 0 Å². The highest BCUT2D eigenvalue weighted by Crippen LogP contribution is 2.21. The Morgan fingerprint density at radius 3 is 2.79 bits per heavy atom. The molecule has 0 unspecified atom stereocenters. The van der Waals surface area contributed by atoms with Crippen LogP contribution in [0.1, 0.15) is 19.8 Å². The molecule has 1 aromatic rings. The Morgan fingerprint density at radius 2 is 2.14 bits per heavy atom. The van der Waals surface area contributed by atoms with E-state index in [9.17, 15) is 4.79 Å². The van der Waals surface area contributed by atoms with Crippen molar-refractivity contribution in [1.29, 1.82) is 0 Å². The van der Waals surface area contributed by atoms with E-state index in [4.69, 9.17) is 0 Å². The van der Waals surface area contributed by atoms with Crippen molar-refractivity contribution in [2.24, 2.45) is 0 Å². The summed E-state index contributed by atoms with van der Waals surface area (Å²) in [4.78, 5) is 17.5. The molecule has 0 amide bonds. The van der Waals surface area contributed by atoms with E-state index in [1.807, 2.05) is 12.1 Å². The maximum atomic E-state index is 11.2. The molecule has 0 bridgehead atoms. The highest BCUT2D eigenvalue weighted by Gasteiger charge is 2.23.